The highest BCUT2D eigenvalue weighted by Crippen LogP contribution is 2.29. The van der Waals surface area contributed by atoms with Crippen LogP contribution in [0.4, 0.5) is 10.8 Å². The fourth-order valence-corrected chi connectivity index (χ4v) is 3.47. The van der Waals surface area contributed by atoms with Gasteiger partial charge in [-0.2, -0.15) is 0 Å². The number of benzene rings is 2. The predicted molar refractivity (Wildman–Crippen MR) is 112 cm³/mol. The van der Waals surface area contributed by atoms with Gasteiger partial charge in [0.15, 0.2) is 5.13 Å². The van der Waals surface area contributed by atoms with Crippen LogP contribution in [0.1, 0.15) is 18.2 Å². The Balaban J connectivity index is 1.65. The monoisotopic (exact) mass is 412 g/mol. The predicted octanol–water partition coefficient (Wildman–Crippen LogP) is 5.24. The van der Waals surface area contributed by atoms with Crippen LogP contribution in [-0.4, -0.2) is 16.9 Å². The summed E-state index contributed by atoms with van der Waals surface area (Å²) in [5, 5.41) is 2.85. The number of ether oxygens (including phenoxy) is 1. The van der Waals surface area contributed by atoms with E-state index >= 15 is 0 Å². The Labute approximate surface area is 171 Å². The fraction of sp³-hybridized carbons (Fsp3) is 0.0952. The normalized spacial score (nSPS) is 10.8. The largest absolute Gasteiger partial charge is 0.458 e. The van der Waals surface area contributed by atoms with E-state index in [1.165, 1.54) is 29.2 Å². The van der Waals surface area contributed by atoms with Crippen LogP contribution in [0, 0.1) is 0 Å². The summed E-state index contributed by atoms with van der Waals surface area (Å²) in [7, 11) is 0. The highest BCUT2D eigenvalue weighted by atomic mass is 35.5. The highest BCUT2D eigenvalue weighted by molar-refractivity contribution is 7.14. The van der Waals surface area contributed by atoms with Gasteiger partial charge in [-0.15, -0.1) is 11.3 Å². The fourth-order valence-electron chi connectivity index (χ4n) is 2.43. The molecule has 0 bridgehead atoms. The van der Waals surface area contributed by atoms with E-state index < -0.39 is 5.97 Å². The van der Waals surface area contributed by atoms with Gasteiger partial charge >= 0.3 is 5.97 Å². The van der Waals surface area contributed by atoms with Crippen molar-refractivity contribution in [3.63, 3.8) is 0 Å². The van der Waals surface area contributed by atoms with Crippen LogP contribution in [0.25, 0.3) is 6.08 Å². The zero-order valence-corrected chi connectivity index (χ0v) is 16.6. The van der Waals surface area contributed by atoms with E-state index in [1.807, 2.05) is 42.5 Å². The number of carbonyl (C=O) groups is 2. The van der Waals surface area contributed by atoms with E-state index in [2.05, 4.69) is 4.98 Å². The minimum atomic E-state index is -0.499. The molecule has 0 spiro atoms. The summed E-state index contributed by atoms with van der Waals surface area (Å²) in [5.41, 5.74) is 2.04. The SMILES string of the molecule is CC(=O)N(c1ccccc1)c1nc(/C=C/C(=O)OCc2ccccc2Cl)cs1. The van der Waals surface area contributed by atoms with Crippen molar-refractivity contribution >= 4 is 51.7 Å². The van der Waals surface area contributed by atoms with E-state index in [0.717, 1.165) is 11.3 Å². The Kier molecular flexibility index (Phi) is 6.57. The van der Waals surface area contributed by atoms with Gasteiger partial charge in [0.25, 0.3) is 0 Å². The number of halogens is 1. The van der Waals surface area contributed by atoms with Crippen LogP contribution in [0.2, 0.25) is 5.02 Å². The Morgan fingerprint density at radius 1 is 1.14 bits per heavy atom. The molecular weight excluding hydrogens is 396 g/mol. The van der Waals surface area contributed by atoms with Gasteiger partial charge in [0.2, 0.25) is 5.91 Å². The molecule has 7 heteroatoms. The van der Waals surface area contributed by atoms with Crippen molar-refractivity contribution in [1.82, 2.24) is 4.98 Å². The topological polar surface area (TPSA) is 59.5 Å². The van der Waals surface area contributed by atoms with Gasteiger partial charge in [0, 0.05) is 29.0 Å². The lowest BCUT2D eigenvalue weighted by atomic mass is 10.2. The number of esters is 1. The molecule has 0 aliphatic carbocycles. The van der Waals surface area contributed by atoms with Gasteiger partial charge < -0.3 is 4.74 Å². The van der Waals surface area contributed by atoms with Crippen LogP contribution >= 0.6 is 22.9 Å². The van der Waals surface area contributed by atoms with E-state index in [0.29, 0.717) is 15.8 Å². The first-order valence-corrected chi connectivity index (χ1v) is 9.70. The molecule has 2 aromatic carbocycles. The molecule has 142 valence electrons. The third-order valence-corrected chi connectivity index (χ3v) is 4.96. The summed E-state index contributed by atoms with van der Waals surface area (Å²) in [6, 6.07) is 16.4. The maximum atomic E-state index is 12.1. The van der Waals surface area contributed by atoms with Crippen molar-refractivity contribution in [2.45, 2.75) is 13.5 Å². The molecule has 0 radical (unpaired) electrons. The van der Waals surface area contributed by atoms with E-state index in [9.17, 15) is 9.59 Å². The number of nitrogens with zero attached hydrogens (tertiary/aromatic N) is 2. The molecule has 0 aliphatic rings. The number of para-hydroxylation sites is 1. The average Bonchev–Trinajstić information content (AvgIpc) is 3.15. The Morgan fingerprint density at radius 3 is 2.57 bits per heavy atom. The minimum absolute atomic E-state index is 0.0945. The molecule has 0 fully saturated rings. The Bertz CT molecular complexity index is 1000. The summed E-state index contributed by atoms with van der Waals surface area (Å²) in [6.45, 7) is 1.58. The smallest absolute Gasteiger partial charge is 0.331 e. The first kappa shape index (κ1) is 19.8. The van der Waals surface area contributed by atoms with Crippen LogP contribution in [0.5, 0.6) is 0 Å². The van der Waals surface area contributed by atoms with Gasteiger partial charge in [-0.25, -0.2) is 9.78 Å². The number of hydrogen-bond acceptors (Lipinski definition) is 5. The third kappa shape index (κ3) is 5.06. The van der Waals surface area contributed by atoms with Crippen molar-refractivity contribution in [2.24, 2.45) is 0 Å². The lowest BCUT2D eigenvalue weighted by Crippen LogP contribution is -2.22. The van der Waals surface area contributed by atoms with E-state index in [4.69, 9.17) is 16.3 Å². The molecule has 0 saturated heterocycles. The van der Waals surface area contributed by atoms with E-state index in [1.54, 1.807) is 23.6 Å². The molecule has 0 unspecified atom stereocenters. The molecule has 0 saturated carbocycles. The molecule has 0 aliphatic heterocycles. The first-order chi connectivity index (χ1) is 13.5. The molecule has 1 heterocycles. The van der Waals surface area contributed by atoms with Gasteiger partial charge in [-0.05, 0) is 24.3 Å². The summed E-state index contributed by atoms with van der Waals surface area (Å²) in [5.74, 6) is -0.642. The van der Waals surface area contributed by atoms with Crippen LogP contribution < -0.4 is 4.90 Å². The summed E-state index contributed by atoms with van der Waals surface area (Å²) < 4.78 is 5.19. The van der Waals surface area contributed by atoms with Crippen molar-refractivity contribution < 1.29 is 14.3 Å². The molecule has 3 aromatic rings. The standard InChI is InChI=1S/C21H17ClN2O3S/c1-15(25)24(18-8-3-2-4-9-18)21-23-17(14-28-21)11-12-20(26)27-13-16-7-5-6-10-19(16)22/h2-12,14H,13H2,1H3/b12-11+. The molecular formula is C21H17ClN2O3S. The number of aromatic nitrogens is 1. The summed E-state index contributed by atoms with van der Waals surface area (Å²) in [4.78, 5) is 29.9. The maximum absolute atomic E-state index is 12.1. The second-order valence-electron chi connectivity index (χ2n) is 5.78. The molecule has 0 atom stereocenters. The van der Waals surface area contributed by atoms with Crippen LogP contribution in [-0.2, 0) is 20.9 Å². The number of thiazole rings is 1. The summed E-state index contributed by atoms with van der Waals surface area (Å²) in [6.07, 6.45) is 2.86. The molecule has 28 heavy (non-hydrogen) atoms. The minimum Gasteiger partial charge on any atom is -0.458 e. The molecule has 3 rings (SSSR count). The Hall–Kier alpha value is -2.96. The molecule has 0 N–H and O–H groups in total. The zero-order chi connectivity index (χ0) is 19.9. The Morgan fingerprint density at radius 2 is 1.86 bits per heavy atom. The van der Waals surface area contributed by atoms with Crippen molar-refractivity contribution in [3.8, 4) is 0 Å². The first-order valence-electron chi connectivity index (χ1n) is 8.44. The maximum Gasteiger partial charge on any atom is 0.331 e. The molecule has 1 amide bonds. The average molecular weight is 413 g/mol. The van der Waals surface area contributed by atoms with Gasteiger partial charge in [-0.3, -0.25) is 9.69 Å². The second-order valence-corrected chi connectivity index (χ2v) is 7.02. The number of hydrogen-bond donors (Lipinski definition) is 0. The molecule has 5 nitrogen and oxygen atoms in total. The highest BCUT2D eigenvalue weighted by Gasteiger charge is 2.17. The van der Waals surface area contributed by atoms with Crippen molar-refractivity contribution in [1.29, 1.82) is 0 Å². The quantitative estimate of drug-likeness (QED) is 0.410. The summed E-state index contributed by atoms with van der Waals surface area (Å²) >= 11 is 7.36. The number of carbonyl (C=O) groups excluding carboxylic acids is 2. The van der Waals surface area contributed by atoms with Gasteiger partial charge in [0.1, 0.15) is 6.61 Å². The third-order valence-electron chi connectivity index (χ3n) is 3.75. The number of anilines is 2. The van der Waals surface area contributed by atoms with Crippen molar-refractivity contribution in [3.05, 3.63) is 82.3 Å². The number of amides is 1. The van der Waals surface area contributed by atoms with Crippen LogP contribution in [0.3, 0.4) is 0 Å². The lowest BCUT2D eigenvalue weighted by molar-refractivity contribution is -0.138. The zero-order valence-electron chi connectivity index (χ0n) is 15.0. The molecule has 1 aromatic heterocycles. The second kappa shape index (κ2) is 9.30. The van der Waals surface area contributed by atoms with Crippen LogP contribution in [0.15, 0.2) is 66.1 Å². The lowest BCUT2D eigenvalue weighted by Gasteiger charge is -2.17. The van der Waals surface area contributed by atoms with E-state index in [-0.39, 0.29) is 12.5 Å². The van der Waals surface area contributed by atoms with Gasteiger partial charge in [-0.1, -0.05) is 48.0 Å². The van der Waals surface area contributed by atoms with Crippen molar-refractivity contribution in [2.75, 3.05) is 4.90 Å². The van der Waals surface area contributed by atoms with Gasteiger partial charge in [0.05, 0.1) is 11.4 Å². The number of rotatable bonds is 6.